The summed E-state index contributed by atoms with van der Waals surface area (Å²) in [6.45, 7) is 3.28. The number of ether oxygens (including phenoxy) is 2. The second kappa shape index (κ2) is 7.20. The van der Waals surface area contributed by atoms with Crippen molar-refractivity contribution < 1.29 is 19.2 Å². The second-order valence-electron chi connectivity index (χ2n) is 5.47. The van der Waals surface area contributed by atoms with Crippen LogP contribution in [0.5, 0.6) is 11.5 Å². The number of aromatic nitrogens is 2. The quantitative estimate of drug-likeness (QED) is 0.633. The van der Waals surface area contributed by atoms with E-state index in [1.807, 2.05) is 0 Å². The first-order chi connectivity index (χ1) is 11.8. The van der Waals surface area contributed by atoms with Crippen LogP contribution in [0.25, 0.3) is 0 Å². The number of hydrogen-bond acceptors (Lipinski definition) is 6. The van der Waals surface area contributed by atoms with Gasteiger partial charge in [0.2, 0.25) is 5.69 Å². The molecule has 1 unspecified atom stereocenters. The van der Waals surface area contributed by atoms with E-state index in [1.165, 1.54) is 25.8 Å². The van der Waals surface area contributed by atoms with E-state index < -0.39 is 16.9 Å². The van der Waals surface area contributed by atoms with Gasteiger partial charge in [0.15, 0.2) is 0 Å². The number of carbonyl (C=O) groups excluding carboxylic acids is 1. The molecule has 0 radical (unpaired) electrons. The van der Waals surface area contributed by atoms with Gasteiger partial charge in [0.25, 0.3) is 5.91 Å². The number of hydrogen-bond donors (Lipinski definition) is 1. The number of aryl methyl sites for hydroxylation is 1. The molecular weight excluding hydrogens is 328 g/mol. The monoisotopic (exact) mass is 348 g/mol. The van der Waals surface area contributed by atoms with Gasteiger partial charge < -0.3 is 14.8 Å². The van der Waals surface area contributed by atoms with E-state index in [4.69, 9.17) is 9.47 Å². The van der Waals surface area contributed by atoms with Crippen LogP contribution in [-0.4, -0.2) is 34.8 Å². The molecule has 0 spiro atoms. The molecule has 1 N–H and O–H groups in total. The topological polar surface area (TPSA) is 109 Å². The highest BCUT2D eigenvalue weighted by Gasteiger charge is 2.30. The van der Waals surface area contributed by atoms with Crippen molar-refractivity contribution >= 4 is 11.6 Å². The fraction of sp³-hybridized carbons (Fsp3) is 0.375. The first-order valence-electron chi connectivity index (χ1n) is 7.50. The minimum Gasteiger partial charge on any atom is -0.497 e. The standard InChI is InChI=1S/C16H20N4O5/c1-9(12-8-11(24-4)6-7-13(12)25-5)17-16(21)14-15(20(22)23)10(2)19(3)18-14/h6-9H,1-5H3,(H,17,21). The molecule has 25 heavy (non-hydrogen) atoms. The molecule has 0 saturated carbocycles. The van der Waals surface area contributed by atoms with E-state index in [-0.39, 0.29) is 11.4 Å². The molecule has 1 atom stereocenters. The lowest BCUT2D eigenvalue weighted by molar-refractivity contribution is -0.385. The van der Waals surface area contributed by atoms with E-state index in [9.17, 15) is 14.9 Å². The number of carbonyl (C=O) groups is 1. The average Bonchev–Trinajstić information content (AvgIpc) is 2.89. The Labute approximate surface area is 144 Å². The third kappa shape index (κ3) is 3.54. The van der Waals surface area contributed by atoms with Gasteiger partial charge in [-0.2, -0.15) is 5.10 Å². The molecule has 9 heteroatoms. The Kier molecular flexibility index (Phi) is 5.26. The number of amides is 1. The summed E-state index contributed by atoms with van der Waals surface area (Å²) >= 11 is 0. The summed E-state index contributed by atoms with van der Waals surface area (Å²) in [5, 5.41) is 17.9. The van der Waals surface area contributed by atoms with Crippen LogP contribution in [-0.2, 0) is 7.05 Å². The molecule has 0 bridgehead atoms. The van der Waals surface area contributed by atoms with Crippen molar-refractivity contribution in [2.24, 2.45) is 7.05 Å². The van der Waals surface area contributed by atoms with E-state index in [2.05, 4.69) is 10.4 Å². The van der Waals surface area contributed by atoms with Crippen LogP contribution in [0.4, 0.5) is 5.69 Å². The van der Waals surface area contributed by atoms with Gasteiger partial charge >= 0.3 is 5.69 Å². The number of nitrogens with one attached hydrogen (secondary N) is 1. The Bertz CT molecular complexity index is 815. The highest BCUT2D eigenvalue weighted by molar-refractivity contribution is 5.96. The Morgan fingerprint density at radius 1 is 1.36 bits per heavy atom. The van der Waals surface area contributed by atoms with Crippen molar-refractivity contribution in [1.82, 2.24) is 15.1 Å². The summed E-state index contributed by atoms with van der Waals surface area (Å²) in [6, 6.07) is 4.73. The molecule has 1 heterocycles. The van der Waals surface area contributed by atoms with Crippen molar-refractivity contribution in [3.8, 4) is 11.5 Å². The number of methoxy groups -OCH3 is 2. The fourth-order valence-electron chi connectivity index (χ4n) is 2.49. The Morgan fingerprint density at radius 3 is 2.60 bits per heavy atom. The molecule has 0 aliphatic heterocycles. The van der Waals surface area contributed by atoms with E-state index in [0.29, 0.717) is 22.8 Å². The van der Waals surface area contributed by atoms with Crippen LogP contribution < -0.4 is 14.8 Å². The molecule has 134 valence electrons. The second-order valence-corrected chi connectivity index (χ2v) is 5.47. The normalized spacial score (nSPS) is 11.7. The summed E-state index contributed by atoms with van der Waals surface area (Å²) in [5.41, 5.74) is 0.468. The summed E-state index contributed by atoms with van der Waals surface area (Å²) < 4.78 is 11.8. The molecule has 1 aromatic carbocycles. The van der Waals surface area contributed by atoms with Crippen molar-refractivity contribution in [2.75, 3.05) is 14.2 Å². The maximum Gasteiger partial charge on any atom is 0.322 e. The van der Waals surface area contributed by atoms with Gasteiger partial charge in [-0.15, -0.1) is 0 Å². The maximum absolute atomic E-state index is 12.5. The van der Waals surface area contributed by atoms with Gasteiger partial charge in [-0.25, -0.2) is 0 Å². The van der Waals surface area contributed by atoms with Crippen molar-refractivity contribution in [3.05, 3.63) is 45.3 Å². The van der Waals surface area contributed by atoms with Crippen LogP contribution in [0.15, 0.2) is 18.2 Å². The fourth-order valence-corrected chi connectivity index (χ4v) is 2.49. The maximum atomic E-state index is 12.5. The third-order valence-electron chi connectivity index (χ3n) is 3.95. The van der Waals surface area contributed by atoms with Crippen LogP contribution in [0.3, 0.4) is 0 Å². The number of nitro groups is 1. The van der Waals surface area contributed by atoms with E-state index in [0.717, 1.165) is 0 Å². The molecule has 0 aliphatic carbocycles. The van der Waals surface area contributed by atoms with Gasteiger partial charge in [-0.3, -0.25) is 19.6 Å². The summed E-state index contributed by atoms with van der Waals surface area (Å²) in [5.74, 6) is 0.546. The SMILES string of the molecule is COc1ccc(OC)c(C(C)NC(=O)c2nn(C)c(C)c2[N+](=O)[O-])c1. The molecular formula is C16H20N4O5. The van der Waals surface area contributed by atoms with Gasteiger partial charge in [-0.1, -0.05) is 0 Å². The Morgan fingerprint density at radius 2 is 2.04 bits per heavy atom. The predicted octanol–water partition coefficient (Wildman–Crippen LogP) is 2.14. The van der Waals surface area contributed by atoms with Crippen molar-refractivity contribution in [1.29, 1.82) is 0 Å². The zero-order valence-corrected chi connectivity index (χ0v) is 14.7. The molecule has 9 nitrogen and oxygen atoms in total. The average molecular weight is 348 g/mol. The minimum atomic E-state index is -0.632. The van der Waals surface area contributed by atoms with Gasteiger partial charge in [0.1, 0.15) is 17.2 Å². The molecule has 1 amide bonds. The number of benzene rings is 1. The highest BCUT2D eigenvalue weighted by Crippen LogP contribution is 2.30. The molecule has 0 saturated heterocycles. The van der Waals surface area contributed by atoms with Crippen LogP contribution in [0.2, 0.25) is 0 Å². The minimum absolute atomic E-state index is 0.223. The number of nitrogens with zero attached hydrogens (tertiary/aromatic N) is 3. The molecule has 1 aromatic heterocycles. The van der Waals surface area contributed by atoms with Crippen molar-refractivity contribution in [2.45, 2.75) is 19.9 Å². The smallest absolute Gasteiger partial charge is 0.322 e. The third-order valence-corrected chi connectivity index (χ3v) is 3.95. The van der Waals surface area contributed by atoms with Gasteiger partial charge in [0, 0.05) is 12.6 Å². The zero-order chi connectivity index (χ0) is 18.7. The van der Waals surface area contributed by atoms with Crippen LogP contribution >= 0.6 is 0 Å². The van der Waals surface area contributed by atoms with E-state index in [1.54, 1.807) is 32.2 Å². The van der Waals surface area contributed by atoms with Crippen LogP contribution in [0.1, 0.15) is 34.7 Å². The molecule has 2 aromatic rings. The summed E-state index contributed by atoms with van der Waals surface area (Å²) in [6.07, 6.45) is 0. The molecule has 0 aliphatic rings. The largest absolute Gasteiger partial charge is 0.497 e. The summed E-state index contributed by atoms with van der Waals surface area (Å²) in [4.78, 5) is 23.1. The van der Waals surface area contributed by atoms with E-state index >= 15 is 0 Å². The lowest BCUT2D eigenvalue weighted by Gasteiger charge is -2.17. The Hall–Kier alpha value is -3.10. The predicted molar refractivity (Wildman–Crippen MR) is 90.0 cm³/mol. The lowest BCUT2D eigenvalue weighted by atomic mass is 10.1. The van der Waals surface area contributed by atoms with Crippen molar-refractivity contribution in [3.63, 3.8) is 0 Å². The first-order valence-corrected chi connectivity index (χ1v) is 7.50. The summed E-state index contributed by atoms with van der Waals surface area (Å²) in [7, 11) is 4.61. The van der Waals surface area contributed by atoms with Gasteiger partial charge in [-0.05, 0) is 32.0 Å². The zero-order valence-electron chi connectivity index (χ0n) is 14.7. The van der Waals surface area contributed by atoms with Gasteiger partial charge in [0.05, 0.1) is 25.2 Å². The molecule has 2 rings (SSSR count). The Balaban J connectivity index is 2.33. The first kappa shape index (κ1) is 18.2. The highest BCUT2D eigenvalue weighted by atomic mass is 16.6. The molecule has 0 fully saturated rings. The van der Waals surface area contributed by atoms with Crippen LogP contribution in [0, 0.1) is 17.0 Å². The number of rotatable bonds is 6. The lowest BCUT2D eigenvalue weighted by Crippen LogP contribution is -2.28.